The van der Waals surface area contributed by atoms with Crippen LogP contribution < -0.4 is 5.32 Å². The number of hydrogen-bond acceptors (Lipinski definition) is 2. The van der Waals surface area contributed by atoms with Gasteiger partial charge in [0.2, 0.25) is 0 Å². The second-order valence-corrected chi connectivity index (χ2v) is 4.57. The fraction of sp³-hybridized carbons (Fsp3) is 0.818. The van der Waals surface area contributed by atoms with E-state index in [-0.39, 0.29) is 12.1 Å². The highest BCUT2D eigenvalue weighted by atomic mass is 16.3. The van der Waals surface area contributed by atoms with Crippen LogP contribution in [0.5, 0.6) is 0 Å². The molecule has 1 rings (SSSR count). The molecule has 0 unspecified atom stereocenters. The monoisotopic (exact) mass is 183 g/mol. The van der Waals surface area contributed by atoms with E-state index in [1.54, 1.807) is 0 Å². The van der Waals surface area contributed by atoms with Crippen LogP contribution in [-0.2, 0) is 0 Å². The van der Waals surface area contributed by atoms with Gasteiger partial charge in [-0.15, -0.1) is 0 Å². The van der Waals surface area contributed by atoms with E-state index in [9.17, 15) is 0 Å². The summed E-state index contributed by atoms with van der Waals surface area (Å²) in [7, 11) is 0. The maximum atomic E-state index is 9.05. The summed E-state index contributed by atoms with van der Waals surface area (Å²) in [6.45, 7) is 5.30. The van der Waals surface area contributed by atoms with Gasteiger partial charge in [-0.2, -0.15) is 0 Å². The number of aliphatic hydroxyl groups excluding tert-OH is 1. The molecule has 0 aromatic carbocycles. The van der Waals surface area contributed by atoms with Crippen LogP contribution in [0.25, 0.3) is 0 Å². The van der Waals surface area contributed by atoms with Crippen LogP contribution in [0.2, 0.25) is 0 Å². The first-order valence-corrected chi connectivity index (χ1v) is 5.15. The van der Waals surface area contributed by atoms with Gasteiger partial charge in [-0.05, 0) is 45.6 Å². The van der Waals surface area contributed by atoms with Crippen LogP contribution >= 0.6 is 0 Å². The fourth-order valence-electron chi connectivity index (χ4n) is 1.52. The van der Waals surface area contributed by atoms with Crippen LogP contribution in [0.4, 0.5) is 0 Å². The first-order valence-electron chi connectivity index (χ1n) is 5.15. The largest absolute Gasteiger partial charge is 0.394 e. The van der Waals surface area contributed by atoms with E-state index in [4.69, 9.17) is 5.11 Å². The first-order chi connectivity index (χ1) is 6.14. The van der Waals surface area contributed by atoms with Crippen molar-refractivity contribution in [2.75, 3.05) is 13.2 Å². The third kappa shape index (κ3) is 3.92. The lowest BCUT2D eigenvalue weighted by atomic mass is 9.93. The number of allylic oxidation sites excluding steroid dienone is 2. The Balaban J connectivity index is 2.22. The molecule has 1 atom stereocenters. The smallest absolute Gasteiger partial charge is 0.0607 e. The molecule has 0 radical (unpaired) electrons. The molecule has 13 heavy (non-hydrogen) atoms. The predicted octanol–water partition coefficient (Wildman–Crippen LogP) is 1.70. The Bertz CT molecular complexity index is 175. The van der Waals surface area contributed by atoms with Crippen LogP contribution in [-0.4, -0.2) is 23.8 Å². The van der Waals surface area contributed by atoms with Crippen molar-refractivity contribution in [2.24, 2.45) is 5.92 Å². The Morgan fingerprint density at radius 1 is 1.46 bits per heavy atom. The molecule has 0 aromatic heterocycles. The topological polar surface area (TPSA) is 32.3 Å². The van der Waals surface area contributed by atoms with Gasteiger partial charge in [-0.1, -0.05) is 12.2 Å². The molecule has 0 spiro atoms. The minimum atomic E-state index is -0.124. The van der Waals surface area contributed by atoms with Gasteiger partial charge in [0, 0.05) is 5.54 Å². The van der Waals surface area contributed by atoms with Crippen LogP contribution in [0, 0.1) is 5.92 Å². The van der Waals surface area contributed by atoms with Crippen molar-refractivity contribution in [3.8, 4) is 0 Å². The second kappa shape index (κ2) is 4.77. The molecule has 2 nitrogen and oxygen atoms in total. The maximum Gasteiger partial charge on any atom is 0.0607 e. The van der Waals surface area contributed by atoms with Crippen molar-refractivity contribution < 1.29 is 5.11 Å². The lowest BCUT2D eigenvalue weighted by molar-refractivity contribution is 0.181. The molecule has 0 saturated heterocycles. The van der Waals surface area contributed by atoms with Crippen molar-refractivity contribution >= 4 is 0 Å². The summed E-state index contributed by atoms with van der Waals surface area (Å²) in [5.41, 5.74) is -0.124. The van der Waals surface area contributed by atoms with Crippen LogP contribution in [0.3, 0.4) is 0 Å². The molecule has 0 saturated carbocycles. The summed E-state index contributed by atoms with van der Waals surface area (Å²) in [5, 5.41) is 12.4. The SMILES string of the molecule is CC(C)(CO)NC[C@H]1CC=CCC1. The van der Waals surface area contributed by atoms with Gasteiger partial charge in [0.15, 0.2) is 0 Å². The van der Waals surface area contributed by atoms with Gasteiger partial charge in [-0.3, -0.25) is 0 Å². The maximum absolute atomic E-state index is 9.05. The molecule has 0 bridgehead atoms. The Labute approximate surface area is 81.0 Å². The Morgan fingerprint density at radius 2 is 2.23 bits per heavy atom. The standard InChI is InChI=1S/C11H21NO/c1-11(2,9-13)12-8-10-6-4-3-5-7-10/h3-4,10,12-13H,5-9H2,1-2H3/t10-/m0/s1. The predicted molar refractivity (Wildman–Crippen MR) is 55.6 cm³/mol. The van der Waals surface area contributed by atoms with Crippen LogP contribution in [0.15, 0.2) is 12.2 Å². The summed E-state index contributed by atoms with van der Waals surface area (Å²) < 4.78 is 0. The molecular weight excluding hydrogens is 162 g/mol. The average Bonchev–Trinajstić information content (AvgIpc) is 2.17. The van der Waals surface area contributed by atoms with Crippen molar-refractivity contribution in [1.82, 2.24) is 5.32 Å². The van der Waals surface area contributed by atoms with E-state index in [2.05, 4.69) is 17.5 Å². The van der Waals surface area contributed by atoms with E-state index < -0.39 is 0 Å². The minimum Gasteiger partial charge on any atom is -0.394 e. The molecule has 0 aromatic rings. The summed E-state index contributed by atoms with van der Waals surface area (Å²) in [6, 6.07) is 0. The summed E-state index contributed by atoms with van der Waals surface area (Å²) in [5.74, 6) is 0.760. The van der Waals surface area contributed by atoms with Gasteiger partial charge in [-0.25, -0.2) is 0 Å². The number of hydrogen-bond donors (Lipinski definition) is 2. The third-order valence-corrected chi connectivity index (χ3v) is 2.64. The summed E-state index contributed by atoms with van der Waals surface area (Å²) in [4.78, 5) is 0. The summed E-state index contributed by atoms with van der Waals surface area (Å²) >= 11 is 0. The summed E-state index contributed by atoms with van der Waals surface area (Å²) in [6.07, 6.45) is 8.21. The highest BCUT2D eigenvalue weighted by Crippen LogP contribution is 2.17. The average molecular weight is 183 g/mol. The Hall–Kier alpha value is -0.340. The Morgan fingerprint density at radius 3 is 2.77 bits per heavy atom. The van der Waals surface area contributed by atoms with E-state index >= 15 is 0 Å². The quantitative estimate of drug-likeness (QED) is 0.650. The molecule has 0 heterocycles. The van der Waals surface area contributed by atoms with Crippen LogP contribution in [0.1, 0.15) is 33.1 Å². The lowest BCUT2D eigenvalue weighted by Crippen LogP contribution is -2.45. The van der Waals surface area contributed by atoms with Gasteiger partial charge >= 0.3 is 0 Å². The van der Waals surface area contributed by atoms with E-state index in [0.717, 1.165) is 12.5 Å². The molecule has 2 heteroatoms. The molecule has 0 aliphatic heterocycles. The molecule has 0 amide bonds. The molecule has 76 valence electrons. The third-order valence-electron chi connectivity index (χ3n) is 2.64. The van der Waals surface area contributed by atoms with E-state index in [1.165, 1.54) is 19.3 Å². The zero-order valence-corrected chi connectivity index (χ0v) is 8.71. The number of nitrogens with one attached hydrogen (secondary N) is 1. The van der Waals surface area contributed by atoms with E-state index in [0.29, 0.717) is 0 Å². The van der Waals surface area contributed by atoms with Gasteiger partial charge < -0.3 is 10.4 Å². The van der Waals surface area contributed by atoms with Gasteiger partial charge in [0.05, 0.1) is 6.61 Å². The van der Waals surface area contributed by atoms with Crippen molar-refractivity contribution in [1.29, 1.82) is 0 Å². The number of aliphatic hydroxyl groups is 1. The van der Waals surface area contributed by atoms with Crippen molar-refractivity contribution in [2.45, 2.75) is 38.6 Å². The lowest BCUT2D eigenvalue weighted by Gasteiger charge is -2.27. The molecule has 1 aliphatic carbocycles. The van der Waals surface area contributed by atoms with Crippen molar-refractivity contribution in [3.05, 3.63) is 12.2 Å². The molecule has 1 aliphatic rings. The Kier molecular flexibility index (Phi) is 3.94. The fourth-order valence-corrected chi connectivity index (χ4v) is 1.52. The van der Waals surface area contributed by atoms with Crippen molar-refractivity contribution in [3.63, 3.8) is 0 Å². The zero-order chi connectivity index (χ0) is 9.73. The van der Waals surface area contributed by atoms with Gasteiger partial charge in [0.1, 0.15) is 0 Å². The number of rotatable bonds is 4. The molecule has 2 N–H and O–H groups in total. The first kappa shape index (κ1) is 10.7. The van der Waals surface area contributed by atoms with Gasteiger partial charge in [0.25, 0.3) is 0 Å². The normalized spacial score (nSPS) is 23.5. The highest BCUT2D eigenvalue weighted by Gasteiger charge is 2.17. The second-order valence-electron chi connectivity index (χ2n) is 4.57. The minimum absolute atomic E-state index is 0.124. The molecular formula is C11H21NO. The highest BCUT2D eigenvalue weighted by molar-refractivity contribution is 4.91. The zero-order valence-electron chi connectivity index (χ0n) is 8.71. The van der Waals surface area contributed by atoms with E-state index in [1.807, 2.05) is 13.8 Å². The molecule has 0 fully saturated rings.